The number of aryl methyl sites for hydroxylation is 1. The van der Waals surface area contributed by atoms with Crippen molar-refractivity contribution in [1.82, 2.24) is 10.2 Å². The van der Waals surface area contributed by atoms with Gasteiger partial charge in [0.2, 0.25) is 5.76 Å². The van der Waals surface area contributed by atoms with E-state index in [9.17, 15) is 18.8 Å². The molecule has 1 aliphatic rings. The number of hydrogen-bond acceptors (Lipinski definition) is 5. The summed E-state index contributed by atoms with van der Waals surface area (Å²) >= 11 is 0. The number of urea groups is 1. The highest BCUT2D eigenvalue weighted by Crippen LogP contribution is 2.26. The zero-order chi connectivity index (χ0) is 17.4. The highest BCUT2D eigenvalue weighted by Gasteiger charge is 2.32. The lowest BCUT2D eigenvalue weighted by Gasteiger charge is -2.17. The average molecular weight is 334 g/mol. The smallest absolute Gasteiger partial charge is 0.375 e. The Hall–Kier alpha value is -2.90. The molecule has 2 aromatic rings. The number of fused-ring (bicyclic) bond motifs is 1. The first-order chi connectivity index (χ1) is 11.4. The molecule has 0 aliphatic carbocycles. The molecular formula is C16H15FN2O5. The number of imide groups is 1. The molecule has 1 atom stereocenters. The van der Waals surface area contributed by atoms with E-state index in [-0.39, 0.29) is 12.3 Å². The van der Waals surface area contributed by atoms with Crippen molar-refractivity contribution in [2.75, 3.05) is 13.1 Å². The van der Waals surface area contributed by atoms with Crippen LogP contribution in [0.4, 0.5) is 9.18 Å². The first kappa shape index (κ1) is 16.0. The fourth-order valence-corrected chi connectivity index (χ4v) is 2.55. The number of carbonyl (C=O) groups excluding carboxylic acids is 3. The predicted molar refractivity (Wildman–Crippen MR) is 80.9 cm³/mol. The molecule has 1 unspecified atom stereocenters. The van der Waals surface area contributed by atoms with Gasteiger partial charge in [-0.3, -0.25) is 9.69 Å². The molecule has 1 saturated heterocycles. The van der Waals surface area contributed by atoms with Crippen molar-refractivity contribution < 1.29 is 27.9 Å². The van der Waals surface area contributed by atoms with E-state index in [0.717, 1.165) is 4.90 Å². The van der Waals surface area contributed by atoms with Gasteiger partial charge in [-0.1, -0.05) is 0 Å². The minimum absolute atomic E-state index is 0.0962. The quantitative estimate of drug-likeness (QED) is 0.867. The number of furan rings is 1. The van der Waals surface area contributed by atoms with Gasteiger partial charge in [-0.2, -0.15) is 0 Å². The van der Waals surface area contributed by atoms with Gasteiger partial charge in [-0.05, 0) is 32.0 Å². The zero-order valence-corrected chi connectivity index (χ0v) is 13.1. The molecule has 1 aliphatic heterocycles. The van der Waals surface area contributed by atoms with Gasteiger partial charge in [-0.15, -0.1) is 0 Å². The number of esters is 1. The van der Waals surface area contributed by atoms with E-state index in [1.54, 1.807) is 6.92 Å². The molecule has 1 N–H and O–H groups in total. The van der Waals surface area contributed by atoms with Crippen LogP contribution in [0.1, 0.15) is 23.0 Å². The molecule has 1 aromatic heterocycles. The van der Waals surface area contributed by atoms with Crippen LogP contribution < -0.4 is 5.32 Å². The van der Waals surface area contributed by atoms with Crippen LogP contribution >= 0.6 is 0 Å². The lowest BCUT2D eigenvalue weighted by atomic mass is 10.1. The molecule has 8 heteroatoms. The first-order valence-corrected chi connectivity index (χ1v) is 7.37. The van der Waals surface area contributed by atoms with Gasteiger partial charge in [0, 0.05) is 24.0 Å². The Balaban J connectivity index is 1.78. The Bertz CT molecular complexity index is 844. The summed E-state index contributed by atoms with van der Waals surface area (Å²) in [5.74, 6) is -2.00. The SMILES string of the molecule is Cc1c(C(=O)OC(C)C(=O)N2CCNC2=O)oc2ccc(F)cc12. The molecule has 0 radical (unpaired) electrons. The molecule has 126 valence electrons. The maximum atomic E-state index is 13.3. The third-order valence-electron chi connectivity index (χ3n) is 3.84. The van der Waals surface area contributed by atoms with Crippen molar-refractivity contribution >= 4 is 28.9 Å². The topological polar surface area (TPSA) is 88.9 Å². The summed E-state index contributed by atoms with van der Waals surface area (Å²) in [7, 11) is 0. The first-order valence-electron chi connectivity index (χ1n) is 7.37. The van der Waals surface area contributed by atoms with Gasteiger partial charge in [0.05, 0.1) is 0 Å². The van der Waals surface area contributed by atoms with E-state index >= 15 is 0 Å². The number of hydrogen-bond donors (Lipinski definition) is 1. The number of nitrogens with one attached hydrogen (secondary N) is 1. The van der Waals surface area contributed by atoms with Crippen molar-refractivity contribution in [3.8, 4) is 0 Å². The van der Waals surface area contributed by atoms with E-state index in [4.69, 9.17) is 9.15 Å². The molecule has 24 heavy (non-hydrogen) atoms. The summed E-state index contributed by atoms with van der Waals surface area (Å²) in [6, 6.07) is 3.38. The number of amides is 3. The van der Waals surface area contributed by atoms with E-state index < -0.39 is 29.8 Å². The second-order valence-corrected chi connectivity index (χ2v) is 5.47. The molecule has 7 nitrogen and oxygen atoms in total. The number of halogens is 1. The van der Waals surface area contributed by atoms with E-state index in [1.807, 2.05) is 0 Å². The molecule has 1 aromatic carbocycles. The highest BCUT2D eigenvalue weighted by atomic mass is 19.1. The highest BCUT2D eigenvalue weighted by molar-refractivity contribution is 6.00. The largest absolute Gasteiger partial charge is 0.449 e. The number of nitrogens with zero attached hydrogens (tertiary/aromatic N) is 1. The monoisotopic (exact) mass is 334 g/mol. The molecule has 3 amide bonds. The third kappa shape index (κ3) is 2.70. The van der Waals surface area contributed by atoms with E-state index in [1.165, 1.54) is 25.1 Å². The molecule has 2 heterocycles. The number of benzene rings is 1. The Morgan fingerprint density at radius 2 is 2.17 bits per heavy atom. The van der Waals surface area contributed by atoms with Gasteiger partial charge < -0.3 is 14.5 Å². The fraction of sp³-hybridized carbons (Fsp3) is 0.312. The molecule has 0 spiro atoms. The number of carbonyl (C=O) groups is 3. The number of rotatable bonds is 3. The third-order valence-corrected chi connectivity index (χ3v) is 3.84. The van der Waals surface area contributed by atoms with Crippen LogP contribution in [0, 0.1) is 12.7 Å². The van der Waals surface area contributed by atoms with Gasteiger partial charge in [-0.25, -0.2) is 14.0 Å². The van der Waals surface area contributed by atoms with E-state index in [2.05, 4.69) is 5.32 Å². The Kier molecular flexibility index (Phi) is 3.96. The van der Waals surface area contributed by atoms with Crippen molar-refractivity contribution in [2.24, 2.45) is 0 Å². The lowest BCUT2D eigenvalue weighted by Crippen LogP contribution is -2.41. The molecule has 1 fully saturated rings. The normalized spacial score (nSPS) is 15.5. The molecule has 0 bridgehead atoms. The fourth-order valence-electron chi connectivity index (χ4n) is 2.55. The van der Waals surface area contributed by atoms with Crippen molar-refractivity contribution in [3.63, 3.8) is 0 Å². The standard InChI is InChI=1S/C16H15FN2O5/c1-8-11-7-10(17)3-4-12(11)24-13(8)15(21)23-9(2)14(20)19-6-5-18-16(19)22/h3-4,7,9H,5-6H2,1-2H3,(H,18,22). The summed E-state index contributed by atoms with van der Waals surface area (Å²) in [5, 5.41) is 2.95. The summed E-state index contributed by atoms with van der Waals surface area (Å²) in [6.07, 6.45) is -1.15. The maximum absolute atomic E-state index is 13.3. The van der Waals surface area contributed by atoms with Crippen LogP contribution in [-0.2, 0) is 9.53 Å². The Labute approximate surface area is 136 Å². The summed E-state index contributed by atoms with van der Waals surface area (Å²) < 4.78 is 23.8. The summed E-state index contributed by atoms with van der Waals surface area (Å²) in [4.78, 5) is 36.8. The number of ether oxygens (including phenoxy) is 1. The Morgan fingerprint density at radius 1 is 1.42 bits per heavy atom. The second kappa shape index (κ2) is 5.95. The lowest BCUT2D eigenvalue weighted by molar-refractivity contribution is -0.136. The van der Waals surface area contributed by atoms with Gasteiger partial charge in [0.25, 0.3) is 5.91 Å². The zero-order valence-electron chi connectivity index (χ0n) is 13.1. The van der Waals surface area contributed by atoms with Crippen molar-refractivity contribution in [3.05, 3.63) is 35.3 Å². The van der Waals surface area contributed by atoms with Crippen molar-refractivity contribution in [2.45, 2.75) is 20.0 Å². The Morgan fingerprint density at radius 3 is 2.83 bits per heavy atom. The average Bonchev–Trinajstić information content (AvgIpc) is 3.10. The summed E-state index contributed by atoms with van der Waals surface area (Å²) in [5.41, 5.74) is 0.770. The summed E-state index contributed by atoms with van der Waals surface area (Å²) in [6.45, 7) is 3.56. The van der Waals surface area contributed by atoms with Crippen LogP contribution in [0.15, 0.2) is 22.6 Å². The van der Waals surface area contributed by atoms with E-state index in [0.29, 0.717) is 23.1 Å². The minimum Gasteiger partial charge on any atom is -0.449 e. The van der Waals surface area contributed by atoms with Crippen LogP contribution in [0.25, 0.3) is 11.0 Å². The maximum Gasteiger partial charge on any atom is 0.375 e. The van der Waals surface area contributed by atoms with Gasteiger partial charge in [0.1, 0.15) is 11.4 Å². The van der Waals surface area contributed by atoms with Crippen molar-refractivity contribution in [1.29, 1.82) is 0 Å². The van der Waals surface area contributed by atoms with Crippen LogP contribution in [-0.4, -0.2) is 42.0 Å². The van der Waals surface area contributed by atoms with Gasteiger partial charge >= 0.3 is 12.0 Å². The van der Waals surface area contributed by atoms with Crippen LogP contribution in [0.5, 0.6) is 0 Å². The second-order valence-electron chi connectivity index (χ2n) is 5.47. The molecule has 0 saturated carbocycles. The predicted octanol–water partition coefficient (Wildman–Crippen LogP) is 1.98. The molecular weight excluding hydrogens is 319 g/mol. The molecule has 3 rings (SSSR count). The van der Waals surface area contributed by atoms with Gasteiger partial charge in [0.15, 0.2) is 6.10 Å². The van der Waals surface area contributed by atoms with Crippen LogP contribution in [0.3, 0.4) is 0 Å². The minimum atomic E-state index is -1.15. The van der Waals surface area contributed by atoms with Crippen LogP contribution in [0.2, 0.25) is 0 Å².